The van der Waals surface area contributed by atoms with Gasteiger partial charge in [0.05, 0.1) is 6.20 Å². The molecule has 16 heavy (non-hydrogen) atoms. The zero-order valence-electron chi connectivity index (χ0n) is 10.3. The van der Waals surface area contributed by atoms with Gasteiger partial charge in [-0.3, -0.25) is 4.98 Å². The zero-order valence-corrected chi connectivity index (χ0v) is 10.3. The molecule has 2 unspecified atom stereocenters. The Balaban J connectivity index is 2.52. The van der Waals surface area contributed by atoms with E-state index in [4.69, 9.17) is 0 Å². The zero-order chi connectivity index (χ0) is 12.0. The highest BCUT2D eigenvalue weighted by atomic mass is 19.1. The van der Waals surface area contributed by atoms with E-state index < -0.39 is 0 Å². The SMILES string of the molecule is CCCNCC(C)C(C)c1cncc(F)c1. The van der Waals surface area contributed by atoms with Crippen molar-refractivity contribution in [3.8, 4) is 0 Å². The molecule has 2 atom stereocenters. The molecule has 0 aliphatic rings. The fraction of sp³-hybridized carbons (Fsp3) is 0.615. The summed E-state index contributed by atoms with van der Waals surface area (Å²) in [7, 11) is 0. The Kier molecular flexibility index (Phi) is 5.39. The third kappa shape index (κ3) is 3.89. The van der Waals surface area contributed by atoms with E-state index in [0.717, 1.165) is 25.1 Å². The van der Waals surface area contributed by atoms with E-state index in [1.165, 1.54) is 6.20 Å². The number of halogens is 1. The summed E-state index contributed by atoms with van der Waals surface area (Å²) < 4.78 is 13.0. The fourth-order valence-electron chi connectivity index (χ4n) is 1.69. The Bertz CT molecular complexity index is 315. The van der Waals surface area contributed by atoms with E-state index >= 15 is 0 Å². The minimum Gasteiger partial charge on any atom is -0.316 e. The summed E-state index contributed by atoms with van der Waals surface area (Å²) in [5.41, 5.74) is 0.978. The minimum atomic E-state index is -0.252. The van der Waals surface area contributed by atoms with Crippen molar-refractivity contribution >= 4 is 0 Å². The van der Waals surface area contributed by atoms with Crippen LogP contribution in [-0.4, -0.2) is 18.1 Å². The third-order valence-electron chi connectivity index (χ3n) is 3.00. The second-order valence-corrected chi connectivity index (χ2v) is 4.41. The van der Waals surface area contributed by atoms with E-state index in [9.17, 15) is 4.39 Å². The smallest absolute Gasteiger partial charge is 0.141 e. The Labute approximate surface area is 97.3 Å². The normalized spacial score (nSPS) is 14.8. The first kappa shape index (κ1) is 13.1. The highest BCUT2D eigenvalue weighted by Gasteiger charge is 2.14. The monoisotopic (exact) mass is 224 g/mol. The number of aromatic nitrogens is 1. The van der Waals surface area contributed by atoms with Gasteiger partial charge in [-0.05, 0) is 43.0 Å². The van der Waals surface area contributed by atoms with Gasteiger partial charge in [0.1, 0.15) is 5.82 Å². The van der Waals surface area contributed by atoms with Crippen LogP contribution in [0.5, 0.6) is 0 Å². The average Bonchev–Trinajstić information content (AvgIpc) is 2.28. The molecule has 0 radical (unpaired) electrons. The van der Waals surface area contributed by atoms with Gasteiger partial charge in [0, 0.05) is 6.20 Å². The topological polar surface area (TPSA) is 24.9 Å². The molecule has 0 amide bonds. The van der Waals surface area contributed by atoms with Gasteiger partial charge in [-0.15, -0.1) is 0 Å². The summed E-state index contributed by atoms with van der Waals surface area (Å²) in [4.78, 5) is 3.89. The van der Waals surface area contributed by atoms with Crippen molar-refractivity contribution in [1.82, 2.24) is 10.3 Å². The molecule has 0 aromatic carbocycles. The van der Waals surface area contributed by atoms with E-state index in [1.807, 2.05) is 0 Å². The highest BCUT2D eigenvalue weighted by Crippen LogP contribution is 2.23. The van der Waals surface area contributed by atoms with Crippen LogP contribution in [0.1, 0.15) is 38.7 Å². The van der Waals surface area contributed by atoms with Crippen molar-refractivity contribution in [1.29, 1.82) is 0 Å². The molecule has 1 N–H and O–H groups in total. The molecule has 1 rings (SSSR count). The molecule has 0 spiro atoms. The maximum atomic E-state index is 13.0. The lowest BCUT2D eigenvalue weighted by Crippen LogP contribution is -2.25. The van der Waals surface area contributed by atoms with Crippen LogP contribution in [0, 0.1) is 11.7 Å². The van der Waals surface area contributed by atoms with E-state index in [1.54, 1.807) is 12.3 Å². The summed E-state index contributed by atoms with van der Waals surface area (Å²) in [6.07, 6.45) is 4.14. The van der Waals surface area contributed by atoms with Gasteiger partial charge < -0.3 is 5.32 Å². The summed E-state index contributed by atoms with van der Waals surface area (Å²) in [6.45, 7) is 8.45. The van der Waals surface area contributed by atoms with Gasteiger partial charge in [-0.25, -0.2) is 4.39 Å². The van der Waals surface area contributed by atoms with Gasteiger partial charge >= 0.3 is 0 Å². The molecule has 0 fully saturated rings. The number of rotatable bonds is 6. The maximum Gasteiger partial charge on any atom is 0.141 e. The third-order valence-corrected chi connectivity index (χ3v) is 3.00. The Morgan fingerprint density at radius 1 is 1.38 bits per heavy atom. The Hall–Kier alpha value is -0.960. The van der Waals surface area contributed by atoms with E-state index in [2.05, 4.69) is 31.1 Å². The predicted molar refractivity (Wildman–Crippen MR) is 64.9 cm³/mol. The van der Waals surface area contributed by atoms with Crippen molar-refractivity contribution in [2.45, 2.75) is 33.1 Å². The van der Waals surface area contributed by atoms with Crippen LogP contribution < -0.4 is 5.32 Å². The lowest BCUT2D eigenvalue weighted by Gasteiger charge is -2.20. The molecule has 2 nitrogen and oxygen atoms in total. The molecular formula is C13H21FN2. The molecule has 1 heterocycles. The summed E-state index contributed by atoms with van der Waals surface area (Å²) in [6, 6.07) is 1.58. The number of pyridine rings is 1. The average molecular weight is 224 g/mol. The van der Waals surface area contributed by atoms with Crippen LogP contribution >= 0.6 is 0 Å². The highest BCUT2D eigenvalue weighted by molar-refractivity contribution is 5.15. The number of hydrogen-bond donors (Lipinski definition) is 1. The summed E-state index contributed by atoms with van der Waals surface area (Å²) in [5.74, 6) is 0.556. The molecule has 0 aliphatic heterocycles. The molecule has 0 bridgehead atoms. The molecule has 1 aromatic rings. The Morgan fingerprint density at radius 2 is 2.12 bits per heavy atom. The van der Waals surface area contributed by atoms with Crippen LogP contribution in [0.25, 0.3) is 0 Å². The quantitative estimate of drug-likeness (QED) is 0.751. The largest absolute Gasteiger partial charge is 0.316 e. The molecule has 0 saturated heterocycles. The second-order valence-electron chi connectivity index (χ2n) is 4.41. The summed E-state index contributed by atoms with van der Waals surface area (Å²) in [5, 5.41) is 3.39. The van der Waals surface area contributed by atoms with Crippen LogP contribution in [0.2, 0.25) is 0 Å². The first-order valence-corrected chi connectivity index (χ1v) is 5.96. The number of nitrogens with zero attached hydrogens (tertiary/aromatic N) is 1. The molecular weight excluding hydrogens is 203 g/mol. The van der Waals surface area contributed by atoms with Crippen LogP contribution in [-0.2, 0) is 0 Å². The number of hydrogen-bond acceptors (Lipinski definition) is 2. The minimum absolute atomic E-state index is 0.252. The van der Waals surface area contributed by atoms with Gasteiger partial charge in [0.15, 0.2) is 0 Å². The molecule has 3 heteroatoms. The lowest BCUT2D eigenvalue weighted by atomic mass is 9.90. The van der Waals surface area contributed by atoms with Gasteiger partial charge in [-0.1, -0.05) is 20.8 Å². The van der Waals surface area contributed by atoms with Crippen molar-refractivity contribution in [2.24, 2.45) is 5.92 Å². The molecule has 90 valence electrons. The van der Waals surface area contributed by atoms with Crippen LogP contribution in [0.3, 0.4) is 0 Å². The summed E-state index contributed by atoms with van der Waals surface area (Å²) >= 11 is 0. The predicted octanol–water partition coefficient (Wildman–Crippen LogP) is 2.96. The Morgan fingerprint density at radius 3 is 2.75 bits per heavy atom. The van der Waals surface area contributed by atoms with Gasteiger partial charge in [0.25, 0.3) is 0 Å². The standard InChI is InChI=1S/C13H21FN2/c1-4-5-15-7-10(2)11(3)12-6-13(14)9-16-8-12/h6,8-11,15H,4-5,7H2,1-3H3. The molecule has 1 aromatic heterocycles. The first-order valence-electron chi connectivity index (χ1n) is 5.96. The molecule has 0 aliphatic carbocycles. The second kappa shape index (κ2) is 6.59. The lowest BCUT2D eigenvalue weighted by molar-refractivity contribution is 0.445. The van der Waals surface area contributed by atoms with Gasteiger partial charge in [0.2, 0.25) is 0 Å². The van der Waals surface area contributed by atoms with Crippen molar-refractivity contribution in [3.05, 3.63) is 29.8 Å². The fourth-order valence-corrected chi connectivity index (χ4v) is 1.69. The molecule has 0 saturated carbocycles. The van der Waals surface area contributed by atoms with Crippen molar-refractivity contribution in [3.63, 3.8) is 0 Å². The van der Waals surface area contributed by atoms with Crippen LogP contribution in [0.4, 0.5) is 4.39 Å². The van der Waals surface area contributed by atoms with Crippen LogP contribution in [0.15, 0.2) is 18.5 Å². The van der Waals surface area contributed by atoms with Crippen molar-refractivity contribution in [2.75, 3.05) is 13.1 Å². The van der Waals surface area contributed by atoms with E-state index in [0.29, 0.717) is 11.8 Å². The number of nitrogens with one attached hydrogen (secondary N) is 1. The van der Waals surface area contributed by atoms with Crippen molar-refractivity contribution < 1.29 is 4.39 Å². The first-order chi connectivity index (χ1) is 7.65. The van der Waals surface area contributed by atoms with E-state index in [-0.39, 0.29) is 5.82 Å². The van der Waals surface area contributed by atoms with Gasteiger partial charge in [-0.2, -0.15) is 0 Å². The maximum absolute atomic E-state index is 13.0.